The molecule has 7 nitrogen and oxygen atoms in total. The molecule has 1 aromatic rings. The van der Waals surface area contributed by atoms with Gasteiger partial charge in [-0.05, 0) is 34.3 Å². The molecule has 0 amide bonds. The number of nitrogens with zero attached hydrogens (tertiary/aromatic N) is 3. The van der Waals surface area contributed by atoms with Crippen molar-refractivity contribution < 1.29 is 13.3 Å². The van der Waals surface area contributed by atoms with Gasteiger partial charge in [0, 0.05) is 38.7 Å². The molecule has 0 saturated carbocycles. The maximum Gasteiger partial charge on any atom is 0.279 e. The number of nitro benzene ring substituents is 1. The second-order valence-electron chi connectivity index (χ2n) is 4.66. The monoisotopic (exact) mass is 377 g/mol. The fraction of sp³-hybridized carbons (Fsp3) is 0.333. The van der Waals surface area contributed by atoms with Crippen molar-refractivity contribution in [3.05, 3.63) is 38.5 Å². The van der Waals surface area contributed by atoms with E-state index in [9.17, 15) is 18.5 Å². The molecule has 0 aliphatic carbocycles. The van der Waals surface area contributed by atoms with Crippen LogP contribution in [0.3, 0.4) is 0 Å². The van der Waals surface area contributed by atoms with Crippen molar-refractivity contribution in [3.63, 3.8) is 0 Å². The van der Waals surface area contributed by atoms with Crippen molar-refractivity contribution in [2.24, 2.45) is 0 Å². The van der Waals surface area contributed by atoms with E-state index in [2.05, 4.69) is 15.9 Å². The van der Waals surface area contributed by atoms with Crippen LogP contribution in [0.15, 0.2) is 27.7 Å². The average Bonchev–Trinajstić information content (AvgIpc) is 2.35. The Morgan fingerprint density at radius 2 is 1.81 bits per heavy atom. The quantitative estimate of drug-likeness (QED) is 0.579. The van der Waals surface area contributed by atoms with Crippen molar-refractivity contribution in [1.82, 2.24) is 9.21 Å². The minimum absolute atomic E-state index is 0.131. The molecule has 116 valence electrons. The molecule has 0 heterocycles. The topological polar surface area (TPSA) is 83.8 Å². The van der Waals surface area contributed by atoms with Crippen LogP contribution in [0, 0.1) is 10.1 Å². The lowest BCUT2D eigenvalue weighted by Gasteiger charge is -2.13. The summed E-state index contributed by atoms with van der Waals surface area (Å²) in [5, 5.41) is 11.2. The van der Waals surface area contributed by atoms with Gasteiger partial charge in [-0.2, -0.15) is 0 Å². The normalized spacial score (nSPS) is 12.1. The van der Waals surface area contributed by atoms with Crippen LogP contribution in [0.4, 0.5) is 5.69 Å². The lowest BCUT2D eigenvalue weighted by molar-refractivity contribution is -0.385. The zero-order valence-electron chi connectivity index (χ0n) is 12.1. The van der Waals surface area contributed by atoms with Gasteiger partial charge in [0.2, 0.25) is 10.0 Å². The van der Waals surface area contributed by atoms with Gasteiger partial charge in [-0.15, -0.1) is 0 Å². The van der Waals surface area contributed by atoms with Gasteiger partial charge in [0.25, 0.3) is 5.69 Å². The third-order valence-corrected chi connectivity index (χ3v) is 5.04. The predicted molar refractivity (Wildman–Crippen MR) is 84.4 cm³/mol. The summed E-state index contributed by atoms with van der Waals surface area (Å²) in [5.74, 6) is 0. The first-order valence-electron chi connectivity index (χ1n) is 5.82. The van der Waals surface area contributed by atoms with Gasteiger partial charge in [-0.3, -0.25) is 10.1 Å². The highest BCUT2D eigenvalue weighted by Crippen LogP contribution is 2.32. The molecule has 0 saturated heterocycles. The van der Waals surface area contributed by atoms with Crippen molar-refractivity contribution in [1.29, 1.82) is 0 Å². The highest BCUT2D eigenvalue weighted by Gasteiger charge is 2.24. The fourth-order valence-corrected chi connectivity index (χ4v) is 3.16. The first-order chi connectivity index (χ1) is 9.57. The van der Waals surface area contributed by atoms with Crippen LogP contribution in [0.25, 0.3) is 6.08 Å². The van der Waals surface area contributed by atoms with E-state index in [1.165, 1.54) is 20.2 Å². The SMILES string of the molecule is CN(C)/C=C/c1c(Br)cc(S(=O)(=O)N(C)C)cc1[N+](=O)[O-]. The minimum Gasteiger partial charge on any atom is -0.383 e. The maximum atomic E-state index is 12.1. The number of nitro groups is 1. The molecular weight excluding hydrogens is 362 g/mol. The molecule has 0 unspecified atom stereocenters. The Bertz CT molecular complexity index is 684. The van der Waals surface area contributed by atoms with E-state index >= 15 is 0 Å². The molecule has 0 fully saturated rings. The summed E-state index contributed by atoms with van der Waals surface area (Å²) in [6.45, 7) is 0. The van der Waals surface area contributed by atoms with Gasteiger partial charge in [-0.25, -0.2) is 12.7 Å². The molecule has 0 aliphatic heterocycles. The molecule has 9 heteroatoms. The minimum atomic E-state index is -3.74. The van der Waals surface area contributed by atoms with E-state index in [0.29, 0.717) is 10.0 Å². The number of hydrogen-bond acceptors (Lipinski definition) is 5. The third-order valence-electron chi connectivity index (χ3n) is 2.60. The van der Waals surface area contributed by atoms with Crippen molar-refractivity contribution in [3.8, 4) is 0 Å². The molecule has 0 aromatic heterocycles. The molecule has 0 spiro atoms. The Morgan fingerprint density at radius 1 is 1.24 bits per heavy atom. The molecule has 0 N–H and O–H groups in total. The van der Waals surface area contributed by atoms with Crippen LogP contribution in [0.5, 0.6) is 0 Å². The summed E-state index contributed by atoms with van der Waals surface area (Å²) in [6.07, 6.45) is 3.20. The summed E-state index contributed by atoms with van der Waals surface area (Å²) < 4.78 is 25.5. The fourth-order valence-electron chi connectivity index (χ4n) is 1.48. The van der Waals surface area contributed by atoms with Gasteiger partial charge in [0.05, 0.1) is 15.4 Å². The first-order valence-corrected chi connectivity index (χ1v) is 8.05. The lowest BCUT2D eigenvalue weighted by Crippen LogP contribution is -2.22. The standard InChI is InChI=1S/C12H16BrN3O4S/c1-14(2)6-5-10-11(13)7-9(8-12(10)16(17)18)21(19,20)15(3)4/h5-8H,1-4H3/b6-5+. The Kier molecular flexibility index (Phi) is 5.48. The van der Waals surface area contributed by atoms with Crippen molar-refractivity contribution >= 4 is 37.7 Å². The lowest BCUT2D eigenvalue weighted by atomic mass is 10.2. The zero-order chi connectivity index (χ0) is 16.4. The summed E-state index contributed by atoms with van der Waals surface area (Å²) in [6, 6.07) is 2.42. The molecule has 0 aliphatic rings. The largest absolute Gasteiger partial charge is 0.383 e. The van der Waals surface area contributed by atoms with Crippen LogP contribution < -0.4 is 0 Å². The van der Waals surface area contributed by atoms with Crippen LogP contribution in [0.2, 0.25) is 0 Å². The van der Waals surface area contributed by atoms with Crippen LogP contribution >= 0.6 is 15.9 Å². The molecule has 0 radical (unpaired) electrons. The summed E-state index contributed by atoms with van der Waals surface area (Å²) in [7, 11) is 2.56. The highest BCUT2D eigenvalue weighted by molar-refractivity contribution is 9.10. The molecular formula is C12H16BrN3O4S. The van der Waals surface area contributed by atoms with Crippen molar-refractivity contribution in [2.45, 2.75) is 4.90 Å². The Labute approximate surface area is 132 Å². The Hall–Kier alpha value is -1.45. The average molecular weight is 378 g/mol. The first kappa shape index (κ1) is 17.6. The van der Waals surface area contributed by atoms with Gasteiger partial charge in [-0.1, -0.05) is 0 Å². The van der Waals surface area contributed by atoms with Gasteiger partial charge >= 0.3 is 0 Å². The molecule has 1 aromatic carbocycles. The number of benzene rings is 1. The maximum absolute atomic E-state index is 12.1. The molecule has 0 atom stereocenters. The van der Waals surface area contributed by atoms with Gasteiger partial charge in [0.15, 0.2) is 0 Å². The van der Waals surface area contributed by atoms with E-state index in [4.69, 9.17) is 0 Å². The van der Waals surface area contributed by atoms with Crippen LogP contribution in [0.1, 0.15) is 5.56 Å². The van der Waals surface area contributed by atoms with Gasteiger partial charge in [0.1, 0.15) is 0 Å². The summed E-state index contributed by atoms with van der Waals surface area (Å²) >= 11 is 3.20. The molecule has 0 bridgehead atoms. The number of rotatable bonds is 5. The second kappa shape index (κ2) is 6.54. The third kappa shape index (κ3) is 4.02. The molecule has 21 heavy (non-hydrogen) atoms. The summed E-state index contributed by atoms with van der Waals surface area (Å²) in [4.78, 5) is 12.2. The van der Waals surface area contributed by atoms with E-state index in [1.807, 2.05) is 0 Å². The summed E-state index contributed by atoms with van der Waals surface area (Å²) in [5.41, 5.74) is 0.0364. The Balaban J connectivity index is 3.56. The second-order valence-corrected chi connectivity index (χ2v) is 7.67. The van der Waals surface area contributed by atoms with E-state index in [1.54, 1.807) is 31.3 Å². The Morgan fingerprint density at radius 3 is 2.24 bits per heavy atom. The zero-order valence-corrected chi connectivity index (χ0v) is 14.5. The van der Waals surface area contributed by atoms with E-state index in [0.717, 1.165) is 10.4 Å². The smallest absolute Gasteiger partial charge is 0.279 e. The van der Waals surface area contributed by atoms with E-state index < -0.39 is 14.9 Å². The number of hydrogen-bond donors (Lipinski definition) is 0. The predicted octanol–water partition coefficient (Wildman–Crippen LogP) is 2.14. The van der Waals surface area contributed by atoms with Gasteiger partial charge < -0.3 is 4.90 Å². The van der Waals surface area contributed by atoms with Crippen molar-refractivity contribution in [2.75, 3.05) is 28.2 Å². The highest BCUT2D eigenvalue weighted by atomic mass is 79.9. The van der Waals surface area contributed by atoms with E-state index in [-0.39, 0.29) is 10.6 Å². The number of halogens is 1. The van der Waals surface area contributed by atoms with Crippen LogP contribution in [-0.2, 0) is 10.0 Å². The number of sulfonamides is 1. The van der Waals surface area contributed by atoms with Crippen LogP contribution in [-0.4, -0.2) is 50.7 Å². The molecule has 1 rings (SSSR count).